The molecule has 3 fully saturated rings. The molecule has 5 atom stereocenters. The maximum absolute atomic E-state index is 15.3. The minimum atomic E-state index is -1.10. The van der Waals surface area contributed by atoms with Gasteiger partial charge in [-0.1, -0.05) is 13.8 Å². The maximum atomic E-state index is 15.3. The van der Waals surface area contributed by atoms with Gasteiger partial charge in [0.2, 0.25) is 5.91 Å². The topological polar surface area (TPSA) is 121 Å². The van der Waals surface area contributed by atoms with Crippen LogP contribution in [0.15, 0.2) is 4.99 Å². The van der Waals surface area contributed by atoms with Crippen molar-refractivity contribution in [2.75, 3.05) is 65.6 Å². The summed E-state index contributed by atoms with van der Waals surface area (Å²) in [5, 5.41) is 6.13. The highest BCUT2D eigenvalue weighted by molar-refractivity contribution is 6.03. The molecule has 5 unspecified atom stereocenters. The van der Waals surface area contributed by atoms with Gasteiger partial charge in [0, 0.05) is 38.4 Å². The quantitative estimate of drug-likeness (QED) is 0.213. The van der Waals surface area contributed by atoms with E-state index in [0.29, 0.717) is 30.5 Å². The summed E-state index contributed by atoms with van der Waals surface area (Å²) in [5.74, 6) is -0.268. The normalized spacial score (nSPS) is 28.6. The van der Waals surface area contributed by atoms with E-state index < -0.39 is 36.5 Å². The lowest BCUT2D eigenvalue weighted by atomic mass is 9.90. The number of rotatable bonds is 12. The van der Waals surface area contributed by atoms with E-state index in [1.807, 2.05) is 0 Å². The molecular formula is C27H51F2N7O2. The maximum Gasteiger partial charge on any atom is 0.232 e. The van der Waals surface area contributed by atoms with Crippen LogP contribution in [0.2, 0.25) is 0 Å². The third-order valence-electron chi connectivity index (χ3n) is 8.22. The SMILES string of the molecule is C/C(=N\CC(F)CCC(C)C)C(C(=O)NC1CNCC(F)C1N1CCC(CN2CCOCC2)CC1)C(N)N. The number of nitrogens with two attached hydrogens (primary N) is 2. The van der Waals surface area contributed by atoms with E-state index in [0.717, 1.165) is 65.2 Å². The summed E-state index contributed by atoms with van der Waals surface area (Å²) in [7, 11) is 0. The van der Waals surface area contributed by atoms with Gasteiger partial charge in [-0.15, -0.1) is 0 Å². The number of carbonyl (C=O) groups is 1. The van der Waals surface area contributed by atoms with Gasteiger partial charge in [-0.05, 0) is 57.5 Å². The smallest absolute Gasteiger partial charge is 0.232 e. The van der Waals surface area contributed by atoms with E-state index in [4.69, 9.17) is 16.2 Å². The number of hydrogen-bond donors (Lipinski definition) is 4. The molecule has 0 radical (unpaired) electrons. The van der Waals surface area contributed by atoms with Gasteiger partial charge < -0.3 is 26.8 Å². The zero-order valence-corrected chi connectivity index (χ0v) is 23.6. The molecule has 0 aromatic heterocycles. The summed E-state index contributed by atoms with van der Waals surface area (Å²) >= 11 is 0. The summed E-state index contributed by atoms with van der Waals surface area (Å²) in [6, 6.07) is -0.834. The molecule has 0 aromatic rings. The number of piperidine rings is 2. The molecule has 0 spiro atoms. The third-order valence-corrected chi connectivity index (χ3v) is 8.22. The zero-order chi connectivity index (χ0) is 27.7. The van der Waals surface area contributed by atoms with Crippen LogP contribution in [0.1, 0.15) is 46.5 Å². The van der Waals surface area contributed by atoms with Gasteiger partial charge in [-0.3, -0.25) is 19.6 Å². The predicted octanol–water partition coefficient (Wildman–Crippen LogP) is 0.920. The number of likely N-dealkylation sites (tertiary alicyclic amines) is 1. The van der Waals surface area contributed by atoms with Gasteiger partial charge in [0.25, 0.3) is 0 Å². The van der Waals surface area contributed by atoms with Crippen molar-refractivity contribution in [2.45, 2.75) is 77.0 Å². The number of amides is 1. The molecule has 3 heterocycles. The lowest BCUT2D eigenvalue weighted by Gasteiger charge is -2.46. The van der Waals surface area contributed by atoms with Gasteiger partial charge in [-0.25, -0.2) is 8.78 Å². The molecule has 3 aliphatic rings. The van der Waals surface area contributed by atoms with Crippen molar-refractivity contribution in [3.05, 3.63) is 0 Å². The van der Waals surface area contributed by atoms with Crippen molar-refractivity contribution >= 4 is 11.6 Å². The zero-order valence-electron chi connectivity index (χ0n) is 23.6. The van der Waals surface area contributed by atoms with Crippen LogP contribution in [-0.4, -0.2) is 118 Å². The van der Waals surface area contributed by atoms with Crippen LogP contribution in [0.3, 0.4) is 0 Å². The van der Waals surface area contributed by atoms with Crippen LogP contribution in [-0.2, 0) is 9.53 Å². The Balaban J connectivity index is 1.57. The van der Waals surface area contributed by atoms with Crippen molar-refractivity contribution in [3.8, 4) is 0 Å². The lowest BCUT2D eigenvalue weighted by molar-refractivity contribution is -0.125. The lowest BCUT2D eigenvalue weighted by Crippen LogP contribution is -2.67. The van der Waals surface area contributed by atoms with E-state index >= 15 is 4.39 Å². The Bertz CT molecular complexity index is 743. The minimum Gasteiger partial charge on any atom is -0.379 e. The fourth-order valence-corrected chi connectivity index (χ4v) is 5.93. The van der Waals surface area contributed by atoms with Crippen LogP contribution >= 0.6 is 0 Å². The standard InChI is InChI=1S/C27H51F2N7O2/c1-18(2)4-5-21(28)14-33-19(3)24(26(30)31)27(37)34-23-16-32-15-22(29)25(23)36-8-6-20(7-9-36)17-35-10-12-38-13-11-35/h18,20-26,32H,4-17,30-31H2,1-3H3,(H,34,37)/b33-19+. The Kier molecular flexibility index (Phi) is 12.8. The van der Waals surface area contributed by atoms with Crippen molar-refractivity contribution in [2.24, 2.45) is 34.2 Å². The van der Waals surface area contributed by atoms with Gasteiger partial charge >= 0.3 is 0 Å². The van der Waals surface area contributed by atoms with Gasteiger partial charge in [0.05, 0.1) is 38.0 Å². The molecule has 0 aromatic carbocycles. The molecule has 0 saturated carbocycles. The second kappa shape index (κ2) is 15.5. The molecule has 3 rings (SSSR count). The largest absolute Gasteiger partial charge is 0.379 e. The number of nitrogens with one attached hydrogen (secondary N) is 2. The molecule has 0 bridgehead atoms. The number of ether oxygens (including phenoxy) is 1. The van der Waals surface area contributed by atoms with E-state index in [2.05, 4.69) is 39.3 Å². The predicted molar refractivity (Wildman–Crippen MR) is 148 cm³/mol. The molecule has 0 aliphatic carbocycles. The third kappa shape index (κ3) is 9.45. The first-order valence-electron chi connectivity index (χ1n) is 14.5. The Morgan fingerprint density at radius 2 is 1.82 bits per heavy atom. The minimum absolute atomic E-state index is 0.0192. The summed E-state index contributed by atoms with van der Waals surface area (Å²) in [5.41, 5.74) is 12.4. The summed E-state index contributed by atoms with van der Waals surface area (Å²) in [6.07, 6.45) is 0.0701. The van der Waals surface area contributed by atoms with Crippen molar-refractivity contribution in [3.63, 3.8) is 0 Å². The van der Waals surface area contributed by atoms with Crippen LogP contribution < -0.4 is 22.1 Å². The Labute approximate surface area is 227 Å². The highest BCUT2D eigenvalue weighted by atomic mass is 19.1. The van der Waals surface area contributed by atoms with Crippen molar-refractivity contribution in [1.29, 1.82) is 0 Å². The number of alkyl halides is 2. The number of halogens is 2. The summed E-state index contributed by atoms with van der Waals surface area (Å²) in [6.45, 7) is 12.7. The van der Waals surface area contributed by atoms with E-state index in [1.165, 1.54) is 0 Å². The average Bonchev–Trinajstić information content (AvgIpc) is 2.87. The van der Waals surface area contributed by atoms with Gasteiger partial charge in [-0.2, -0.15) is 0 Å². The summed E-state index contributed by atoms with van der Waals surface area (Å²) in [4.78, 5) is 22.3. The summed E-state index contributed by atoms with van der Waals surface area (Å²) < 4.78 is 35.0. The Morgan fingerprint density at radius 1 is 1.13 bits per heavy atom. The molecule has 11 heteroatoms. The van der Waals surface area contributed by atoms with Gasteiger partial charge in [0.15, 0.2) is 0 Å². The molecule has 9 nitrogen and oxygen atoms in total. The molecule has 38 heavy (non-hydrogen) atoms. The Morgan fingerprint density at radius 3 is 2.45 bits per heavy atom. The molecule has 6 N–H and O–H groups in total. The van der Waals surface area contributed by atoms with E-state index in [1.54, 1.807) is 6.92 Å². The van der Waals surface area contributed by atoms with Crippen LogP contribution in [0, 0.1) is 17.8 Å². The van der Waals surface area contributed by atoms with Crippen LogP contribution in [0.5, 0.6) is 0 Å². The van der Waals surface area contributed by atoms with Crippen LogP contribution in [0.4, 0.5) is 8.78 Å². The number of hydrogen-bond acceptors (Lipinski definition) is 8. The highest BCUT2D eigenvalue weighted by Crippen LogP contribution is 2.25. The van der Waals surface area contributed by atoms with Crippen molar-refractivity contribution in [1.82, 2.24) is 20.4 Å². The van der Waals surface area contributed by atoms with Crippen molar-refractivity contribution < 1.29 is 18.3 Å². The second-order valence-electron chi connectivity index (χ2n) is 11.8. The Hall–Kier alpha value is -1.24. The molecule has 1 amide bonds. The van der Waals surface area contributed by atoms with E-state index in [9.17, 15) is 9.18 Å². The number of carbonyl (C=O) groups excluding carboxylic acids is 1. The first-order chi connectivity index (χ1) is 18.2. The molecule has 220 valence electrons. The number of nitrogens with zero attached hydrogens (tertiary/aromatic N) is 3. The first-order valence-corrected chi connectivity index (χ1v) is 14.5. The molecular weight excluding hydrogens is 492 g/mol. The molecule has 3 aliphatic heterocycles. The number of morpholine rings is 1. The van der Waals surface area contributed by atoms with Crippen LogP contribution in [0.25, 0.3) is 0 Å². The monoisotopic (exact) mass is 543 g/mol. The molecule has 3 saturated heterocycles. The second-order valence-corrected chi connectivity index (χ2v) is 11.8. The average molecular weight is 544 g/mol. The highest BCUT2D eigenvalue weighted by Gasteiger charge is 2.41. The fourth-order valence-electron chi connectivity index (χ4n) is 5.93. The fraction of sp³-hybridized carbons (Fsp3) is 0.926. The van der Waals surface area contributed by atoms with Gasteiger partial charge in [0.1, 0.15) is 18.3 Å². The first kappa shape index (κ1) is 31.3. The number of aliphatic imine (C=N–C) groups is 1. The van der Waals surface area contributed by atoms with E-state index in [-0.39, 0.29) is 19.0 Å².